The summed E-state index contributed by atoms with van der Waals surface area (Å²) in [6.07, 6.45) is 56.3. The molecular weight excluding hydrogens is 763 g/mol. The van der Waals surface area contributed by atoms with Crippen LogP contribution in [0, 0.1) is 0 Å². The van der Waals surface area contributed by atoms with Gasteiger partial charge in [0, 0.05) is 19.3 Å². The van der Waals surface area contributed by atoms with Crippen molar-refractivity contribution in [3.05, 3.63) is 85.1 Å². The largest absolute Gasteiger partial charge is 0.544 e. The molecule has 0 aliphatic rings. The van der Waals surface area contributed by atoms with Gasteiger partial charge in [-0.2, -0.15) is 0 Å². The van der Waals surface area contributed by atoms with E-state index in [0.29, 0.717) is 12.8 Å². The van der Waals surface area contributed by atoms with Crippen LogP contribution in [0.3, 0.4) is 0 Å². The molecule has 0 fully saturated rings. The van der Waals surface area contributed by atoms with Crippen LogP contribution >= 0.6 is 0 Å². The normalized spacial score (nSPS) is 13.7. The van der Waals surface area contributed by atoms with E-state index in [1.54, 1.807) is 21.1 Å². The number of carboxylic acid groups (broad SMARTS) is 1. The summed E-state index contributed by atoms with van der Waals surface area (Å²) < 4.78 is 17.1. The molecule has 0 aromatic heterocycles. The van der Waals surface area contributed by atoms with Crippen molar-refractivity contribution in [1.82, 2.24) is 0 Å². The van der Waals surface area contributed by atoms with Gasteiger partial charge >= 0.3 is 11.9 Å². The second kappa shape index (κ2) is 43.2. The molecule has 2 unspecified atom stereocenters. The first-order valence-corrected chi connectivity index (χ1v) is 24.1. The van der Waals surface area contributed by atoms with Gasteiger partial charge in [-0.05, 0) is 77.0 Å². The van der Waals surface area contributed by atoms with Gasteiger partial charge in [0.05, 0.1) is 40.3 Å². The fourth-order valence-corrected chi connectivity index (χ4v) is 6.56. The van der Waals surface area contributed by atoms with Gasteiger partial charge < -0.3 is 28.6 Å². The Morgan fingerprint density at radius 1 is 0.508 bits per heavy atom. The topological polar surface area (TPSA) is 102 Å². The number of rotatable bonds is 42. The molecule has 0 saturated heterocycles. The molecule has 0 aliphatic heterocycles. The first-order valence-electron chi connectivity index (χ1n) is 24.1. The smallest absolute Gasteiger partial charge is 0.306 e. The first-order chi connectivity index (χ1) is 29.6. The molecule has 8 nitrogen and oxygen atoms in total. The highest BCUT2D eigenvalue weighted by Crippen LogP contribution is 2.13. The Hall–Kier alpha value is -3.49. The molecule has 0 saturated carbocycles. The molecule has 0 bridgehead atoms. The highest BCUT2D eigenvalue weighted by Gasteiger charge is 2.25. The Morgan fingerprint density at radius 2 is 0.951 bits per heavy atom. The van der Waals surface area contributed by atoms with E-state index in [1.807, 2.05) is 12.2 Å². The van der Waals surface area contributed by atoms with Crippen LogP contribution in [-0.4, -0.2) is 75.5 Å². The van der Waals surface area contributed by atoms with Crippen LogP contribution in [0.1, 0.15) is 181 Å². The number of likely N-dealkylation sites (N-methyl/N-ethyl adjacent to an activating group) is 1. The minimum Gasteiger partial charge on any atom is -0.544 e. The van der Waals surface area contributed by atoms with Crippen molar-refractivity contribution in [3.63, 3.8) is 0 Å². The van der Waals surface area contributed by atoms with Crippen LogP contribution in [0.15, 0.2) is 85.1 Å². The van der Waals surface area contributed by atoms with Crippen molar-refractivity contribution < 1.29 is 38.2 Å². The molecule has 0 aromatic rings. The predicted molar refractivity (Wildman–Crippen MR) is 254 cm³/mol. The Bertz CT molecular complexity index is 1270. The number of carbonyl (C=O) groups is 3. The summed E-state index contributed by atoms with van der Waals surface area (Å²) in [6, 6.07) is -0.744. The highest BCUT2D eigenvalue weighted by molar-refractivity contribution is 5.70. The Balaban J connectivity index is 4.43. The Morgan fingerprint density at radius 3 is 1.43 bits per heavy atom. The minimum atomic E-state index is -1.14. The average Bonchev–Trinajstić information content (AvgIpc) is 3.22. The minimum absolute atomic E-state index is 0.00479. The van der Waals surface area contributed by atoms with Crippen LogP contribution in [-0.2, 0) is 28.6 Å². The zero-order chi connectivity index (χ0) is 44.9. The van der Waals surface area contributed by atoms with Crippen LogP contribution in [0.4, 0.5) is 0 Å². The molecule has 0 amide bonds. The third-order valence-electron chi connectivity index (χ3n) is 10.3. The van der Waals surface area contributed by atoms with Crippen molar-refractivity contribution in [2.24, 2.45) is 0 Å². The molecule has 0 rings (SSSR count). The van der Waals surface area contributed by atoms with Gasteiger partial charge in [-0.25, -0.2) is 0 Å². The highest BCUT2D eigenvalue weighted by atomic mass is 16.6. The zero-order valence-electron chi connectivity index (χ0n) is 39.5. The van der Waals surface area contributed by atoms with E-state index < -0.39 is 24.1 Å². The van der Waals surface area contributed by atoms with Gasteiger partial charge in [0.25, 0.3) is 0 Å². The number of esters is 2. The van der Waals surface area contributed by atoms with Crippen LogP contribution in [0.2, 0.25) is 0 Å². The van der Waals surface area contributed by atoms with Gasteiger partial charge in [-0.3, -0.25) is 9.59 Å². The van der Waals surface area contributed by atoms with Crippen LogP contribution in [0.5, 0.6) is 0 Å². The number of aliphatic carboxylic acids is 1. The molecule has 0 aromatic carbocycles. The Labute approximate surface area is 373 Å². The van der Waals surface area contributed by atoms with E-state index in [1.165, 1.54) is 83.5 Å². The fraction of sp³-hybridized carbons (Fsp3) is 0.679. The molecule has 0 heterocycles. The monoisotopic (exact) mass is 852 g/mol. The van der Waals surface area contributed by atoms with Crippen molar-refractivity contribution >= 4 is 17.9 Å². The third-order valence-corrected chi connectivity index (χ3v) is 10.3. The lowest BCUT2D eigenvalue weighted by Gasteiger charge is -2.34. The third kappa shape index (κ3) is 41.6. The standard InChI is InChI=1S/C53H89NO7/c1-6-8-10-12-14-16-18-20-22-24-26-28-30-32-34-36-38-40-42-44-52(56)61-49(47-59-46-45-50(53(57)58)54(3,4)5)48-60-51(55)43-41-39-37-35-33-31-29-27-25-23-21-19-17-15-13-11-9-7-2/h8,10,14,16,20,22-23,25-26,28,32,34,38,40,49-50H,6-7,9,11-13,15,17-19,21,24,27,29-31,33,35-37,39,41-48H2,1-5H3/b10-8-,16-14-,22-20-,25-23-,28-26-,34-32-,40-38-. The number of carboxylic acids is 1. The number of quaternary nitrogens is 1. The van der Waals surface area contributed by atoms with E-state index in [9.17, 15) is 19.5 Å². The molecule has 0 aliphatic carbocycles. The first kappa shape index (κ1) is 57.5. The number of allylic oxidation sites excluding steroid dienone is 14. The molecule has 348 valence electrons. The van der Waals surface area contributed by atoms with E-state index in [0.717, 1.165) is 57.8 Å². The maximum Gasteiger partial charge on any atom is 0.306 e. The summed E-state index contributed by atoms with van der Waals surface area (Å²) in [5, 5.41) is 11.6. The summed E-state index contributed by atoms with van der Waals surface area (Å²) in [7, 11) is 5.38. The lowest BCUT2D eigenvalue weighted by atomic mass is 10.1. The SMILES string of the molecule is CC/C=C\C/C=C\C/C=C\C/C=C\C/C=C\C/C=C\CCC(=O)OC(COCCC(C(=O)[O-])[N+](C)(C)C)COC(=O)CCCCCCCCC/C=C\CCCCCCCCC. The maximum atomic E-state index is 12.7. The van der Waals surface area contributed by atoms with Crippen LogP contribution in [0.25, 0.3) is 0 Å². The summed E-state index contributed by atoms with van der Waals surface area (Å²) in [6.45, 7) is 4.46. The summed E-state index contributed by atoms with van der Waals surface area (Å²) >= 11 is 0. The van der Waals surface area contributed by atoms with E-state index in [4.69, 9.17) is 14.2 Å². The second-order valence-corrected chi connectivity index (χ2v) is 17.0. The summed E-state index contributed by atoms with van der Waals surface area (Å²) in [5.74, 6) is -1.86. The second-order valence-electron chi connectivity index (χ2n) is 17.0. The molecule has 2 atom stereocenters. The molecule has 61 heavy (non-hydrogen) atoms. The van der Waals surface area contributed by atoms with Gasteiger partial charge in [0.15, 0.2) is 6.10 Å². The number of nitrogens with zero attached hydrogens (tertiary/aromatic N) is 1. The van der Waals surface area contributed by atoms with E-state index >= 15 is 0 Å². The molecular formula is C53H89NO7. The zero-order valence-corrected chi connectivity index (χ0v) is 39.5. The maximum absolute atomic E-state index is 12.7. The quantitative estimate of drug-likeness (QED) is 0.0261. The van der Waals surface area contributed by atoms with Gasteiger partial charge in [-0.15, -0.1) is 0 Å². The predicted octanol–water partition coefficient (Wildman–Crippen LogP) is 12.4. The number of ether oxygens (including phenoxy) is 3. The molecule has 0 radical (unpaired) electrons. The van der Waals surface area contributed by atoms with E-state index in [2.05, 4.69) is 86.8 Å². The van der Waals surface area contributed by atoms with Crippen molar-refractivity contribution in [2.75, 3.05) is 41.0 Å². The van der Waals surface area contributed by atoms with Gasteiger partial charge in [-0.1, -0.05) is 170 Å². The lowest BCUT2D eigenvalue weighted by molar-refractivity contribution is -0.889. The lowest BCUT2D eigenvalue weighted by Crippen LogP contribution is -2.55. The van der Waals surface area contributed by atoms with E-state index in [-0.39, 0.29) is 43.1 Å². The summed E-state index contributed by atoms with van der Waals surface area (Å²) in [5.41, 5.74) is 0. The van der Waals surface area contributed by atoms with Crippen molar-refractivity contribution in [2.45, 2.75) is 193 Å². The fourth-order valence-electron chi connectivity index (χ4n) is 6.56. The molecule has 8 heteroatoms. The Kier molecular flexibility index (Phi) is 40.7. The number of hydrogen-bond donors (Lipinski definition) is 0. The van der Waals surface area contributed by atoms with Crippen molar-refractivity contribution in [3.8, 4) is 0 Å². The molecule has 0 spiro atoms. The summed E-state index contributed by atoms with van der Waals surface area (Å²) in [4.78, 5) is 36.9. The number of unbranched alkanes of at least 4 members (excludes halogenated alkanes) is 14. The average molecular weight is 852 g/mol. The van der Waals surface area contributed by atoms with Crippen molar-refractivity contribution in [1.29, 1.82) is 0 Å². The van der Waals surface area contributed by atoms with Gasteiger partial charge in [0.1, 0.15) is 12.6 Å². The van der Waals surface area contributed by atoms with Crippen LogP contribution < -0.4 is 5.11 Å². The van der Waals surface area contributed by atoms with Gasteiger partial charge in [0.2, 0.25) is 0 Å². The number of carbonyl (C=O) groups excluding carboxylic acids is 3. The molecule has 0 N–H and O–H groups in total. The number of hydrogen-bond acceptors (Lipinski definition) is 7.